The first-order valence-electron chi connectivity index (χ1n) is 7.80. The SMILES string of the molecule is CC(C)(C)OC(=O)C1C(COS(C)(=O)=O)CC12CCNCC2. The molecule has 1 aliphatic heterocycles. The van der Waals surface area contributed by atoms with E-state index in [1.54, 1.807) is 0 Å². The maximum absolute atomic E-state index is 12.6. The minimum absolute atomic E-state index is 0.0564. The van der Waals surface area contributed by atoms with E-state index in [0.717, 1.165) is 38.6 Å². The zero-order valence-electron chi connectivity index (χ0n) is 13.8. The highest BCUT2D eigenvalue weighted by molar-refractivity contribution is 7.85. The first-order valence-corrected chi connectivity index (χ1v) is 9.62. The third kappa shape index (κ3) is 4.20. The maximum atomic E-state index is 12.6. The molecule has 1 spiro atoms. The molecule has 1 saturated carbocycles. The van der Waals surface area contributed by atoms with Gasteiger partial charge in [-0.15, -0.1) is 0 Å². The second-order valence-electron chi connectivity index (χ2n) is 7.58. The van der Waals surface area contributed by atoms with E-state index in [1.165, 1.54) is 0 Å². The van der Waals surface area contributed by atoms with Crippen molar-refractivity contribution in [2.45, 2.75) is 45.6 Å². The van der Waals surface area contributed by atoms with Crippen LogP contribution < -0.4 is 5.32 Å². The molecular formula is C15H27NO5S. The molecule has 0 bridgehead atoms. The van der Waals surface area contributed by atoms with Gasteiger partial charge in [-0.25, -0.2) is 0 Å². The largest absolute Gasteiger partial charge is 0.460 e. The van der Waals surface area contributed by atoms with E-state index < -0.39 is 15.7 Å². The lowest BCUT2D eigenvalue weighted by atomic mass is 9.50. The number of carbonyl (C=O) groups is 1. The number of piperidine rings is 1. The van der Waals surface area contributed by atoms with Crippen LogP contribution in [0.3, 0.4) is 0 Å². The van der Waals surface area contributed by atoms with E-state index in [0.29, 0.717) is 0 Å². The Kier molecular flexibility index (Phi) is 4.90. The molecule has 128 valence electrons. The van der Waals surface area contributed by atoms with E-state index in [-0.39, 0.29) is 29.8 Å². The molecule has 0 aromatic heterocycles. The van der Waals surface area contributed by atoms with Crippen LogP contribution in [0.25, 0.3) is 0 Å². The van der Waals surface area contributed by atoms with Crippen molar-refractivity contribution in [3.63, 3.8) is 0 Å². The summed E-state index contributed by atoms with van der Waals surface area (Å²) in [7, 11) is -3.49. The molecule has 1 N–H and O–H groups in total. The third-order valence-electron chi connectivity index (χ3n) is 4.56. The zero-order valence-corrected chi connectivity index (χ0v) is 14.7. The molecule has 6 nitrogen and oxygen atoms in total. The Bertz CT molecular complexity index is 517. The molecule has 7 heteroatoms. The number of nitrogens with one attached hydrogen (secondary N) is 1. The normalized spacial score (nSPS) is 28.2. The van der Waals surface area contributed by atoms with Crippen molar-refractivity contribution in [1.29, 1.82) is 0 Å². The highest BCUT2D eigenvalue weighted by Gasteiger charge is 2.58. The van der Waals surface area contributed by atoms with Crippen molar-refractivity contribution in [1.82, 2.24) is 5.32 Å². The van der Waals surface area contributed by atoms with Gasteiger partial charge in [0.05, 0.1) is 18.8 Å². The summed E-state index contributed by atoms with van der Waals surface area (Å²) in [5.41, 5.74) is -0.595. The monoisotopic (exact) mass is 333 g/mol. The second kappa shape index (κ2) is 6.09. The molecule has 22 heavy (non-hydrogen) atoms. The fourth-order valence-corrected chi connectivity index (χ4v) is 4.14. The molecule has 2 atom stereocenters. The lowest BCUT2D eigenvalue weighted by molar-refractivity contribution is -0.186. The van der Waals surface area contributed by atoms with Crippen molar-refractivity contribution in [2.24, 2.45) is 17.3 Å². The fraction of sp³-hybridized carbons (Fsp3) is 0.933. The van der Waals surface area contributed by atoms with Crippen molar-refractivity contribution in [3.05, 3.63) is 0 Å². The summed E-state index contributed by atoms with van der Waals surface area (Å²) in [5, 5.41) is 3.31. The Morgan fingerprint density at radius 1 is 1.27 bits per heavy atom. The summed E-state index contributed by atoms with van der Waals surface area (Å²) in [5.74, 6) is -0.569. The fourth-order valence-electron chi connectivity index (χ4n) is 3.72. The molecule has 2 fully saturated rings. The lowest BCUT2D eigenvalue weighted by Crippen LogP contribution is -2.58. The topological polar surface area (TPSA) is 81.7 Å². The van der Waals surface area contributed by atoms with Crippen LogP contribution in [-0.2, 0) is 23.8 Å². The molecule has 0 radical (unpaired) electrons. The molecule has 2 unspecified atom stereocenters. The number of esters is 1. The molecule has 0 aromatic carbocycles. The average Bonchev–Trinajstić information content (AvgIpc) is 2.32. The van der Waals surface area contributed by atoms with Crippen LogP contribution in [0.1, 0.15) is 40.0 Å². The Balaban J connectivity index is 2.09. The molecule has 1 aliphatic carbocycles. The molecular weight excluding hydrogens is 306 g/mol. The van der Waals surface area contributed by atoms with Crippen molar-refractivity contribution in [2.75, 3.05) is 26.0 Å². The standard InChI is InChI=1S/C15H27NO5S/c1-14(2,3)21-13(17)12-11(10-20-22(4,18)19)9-15(12)5-7-16-8-6-15/h11-12,16H,5-10H2,1-4H3. The van der Waals surface area contributed by atoms with Gasteiger partial charge in [-0.3, -0.25) is 8.98 Å². The molecule has 1 heterocycles. The first kappa shape index (κ1) is 17.7. The number of hydrogen-bond acceptors (Lipinski definition) is 6. The molecule has 0 amide bonds. The maximum Gasteiger partial charge on any atom is 0.310 e. The summed E-state index contributed by atoms with van der Waals surface area (Å²) < 4.78 is 32.9. The van der Waals surface area contributed by atoms with Gasteiger partial charge in [0.1, 0.15) is 5.60 Å². The number of carbonyl (C=O) groups excluding carboxylic acids is 1. The van der Waals surface area contributed by atoms with E-state index in [2.05, 4.69) is 5.32 Å². The van der Waals surface area contributed by atoms with E-state index in [1.807, 2.05) is 20.8 Å². The number of rotatable bonds is 4. The van der Waals surface area contributed by atoms with Crippen LogP contribution in [0.4, 0.5) is 0 Å². The summed E-state index contributed by atoms with van der Waals surface area (Å²) in [6.45, 7) is 7.39. The Morgan fingerprint density at radius 2 is 1.86 bits per heavy atom. The van der Waals surface area contributed by atoms with Crippen LogP contribution >= 0.6 is 0 Å². The predicted molar refractivity (Wildman–Crippen MR) is 82.8 cm³/mol. The average molecular weight is 333 g/mol. The van der Waals surface area contributed by atoms with Gasteiger partial charge >= 0.3 is 5.97 Å². The first-order chi connectivity index (χ1) is 10.0. The van der Waals surface area contributed by atoms with Gasteiger partial charge in [-0.1, -0.05) is 0 Å². The number of ether oxygens (including phenoxy) is 1. The summed E-state index contributed by atoms with van der Waals surface area (Å²) >= 11 is 0. The van der Waals surface area contributed by atoms with Crippen LogP contribution in [0.15, 0.2) is 0 Å². The van der Waals surface area contributed by atoms with Gasteiger partial charge in [-0.05, 0) is 64.5 Å². The van der Waals surface area contributed by atoms with Crippen molar-refractivity contribution in [3.8, 4) is 0 Å². The van der Waals surface area contributed by atoms with Crippen LogP contribution in [-0.4, -0.2) is 45.9 Å². The van der Waals surface area contributed by atoms with E-state index in [4.69, 9.17) is 8.92 Å². The summed E-state index contributed by atoms with van der Waals surface area (Å²) in [4.78, 5) is 12.6. The Labute approximate surface area is 133 Å². The molecule has 1 saturated heterocycles. The van der Waals surface area contributed by atoms with E-state index in [9.17, 15) is 13.2 Å². The number of hydrogen-bond donors (Lipinski definition) is 1. The van der Waals surface area contributed by atoms with Gasteiger partial charge in [0.2, 0.25) is 0 Å². The van der Waals surface area contributed by atoms with Gasteiger partial charge in [0.15, 0.2) is 0 Å². The second-order valence-corrected chi connectivity index (χ2v) is 9.22. The molecule has 2 aliphatic rings. The van der Waals surface area contributed by atoms with Gasteiger partial charge in [0, 0.05) is 0 Å². The quantitative estimate of drug-likeness (QED) is 0.617. The summed E-state index contributed by atoms with van der Waals surface area (Å²) in [6.07, 6.45) is 3.71. The van der Waals surface area contributed by atoms with Gasteiger partial charge in [0.25, 0.3) is 10.1 Å². The molecule has 0 aromatic rings. The lowest BCUT2D eigenvalue weighted by Gasteiger charge is -2.56. The van der Waals surface area contributed by atoms with Crippen molar-refractivity contribution < 1.29 is 22.1 Å². The third-order valence-corrected chi connectivity index (χ3v) is 5.12. The van der Waals surface area contributed by atoms with Crippen molar-refractivity contribution >= 4 is 16.1 Å². The Morgan fingerprint density at radius 3 is 2.36 bits per heavy atom. The van der Waals surface area contributed by atoms with Gasteiger partial charge < -0.3 is 10.1 Å². The van der Waals surface area contributed by atoms with Crippen LogP contribution in [0.5, 0.6) is 0 Å². The van der Waals surface area contributed by atoms with Crippen LogP contribution in [0.2, 0.25) is 0 Å². The highest BCUT2D eigenvalue weighted by atomic mass is 32.2. The summed E-state index contributed by atoms with van der Waals surface area (Å²) in [6, 6.07) is 0. The smallest absolute Gasteiger partial charge is 0.310 e. The predicted octanol–water partition coefficient (Wildman–Crippen LogP) is 1.31. The van der Waals surface area contributed by atoms with E-state index >= 15 is 0 Å². The Hall–Kier alpha value is -0.660. The zero-order chi connectivity index (χ0) is 16.6. The highest BCUT2D eigenvalue weighted by Crippen LogP contribution is 2.57. The molecule has 2 rings (SSSR count). The van der Waals surface area contributed by atoms with Crippen LogP contribution in [0, 0.1) is 17.3 Å². The minimum atomic E-state index is -3.49. The minimum Gasteiger partial charge on any atom is -0.460 e. The van der Waals surface area contributed by atoms with Gasteiger partial charge in [-0.2, -0.15) is 8.42 Å².